The third kappa shape index (κ3) is 2.63. The smallest absolute Gasteiger partial charge is 0.120 e. The normalized spacial score (nSPS) is 10.5. The summed E-state index contributed by atoms with van der Waals surface area (Å²) in [6, 6.07) is 2.02. The van der Waals surface area contributed by atoms with E-state index >= 15 is 0 Å². The molecule has 0 aliphatic carbocycles. The monoisotopic (exact) mass is 202 g/mol. The number of hydrogen-bond acceptors (Lipinski definition) is 3. The molecule has 0 fully saturated rings. The van der Waals surface area contributed by atoms with Crippen molar-refractivity contribution in [2.75, 3.05) is 0 Å². The molecule has 0 aliphatic heterocycles. The molecular weight excluding hydrogens is 188 g/mol. The fourth-order valence-electron chi connectivity index (χ4n) is 1.39. The van der Waals surface area contributed by atoms with E-state index in [1.165, 1.54) is 11.1 Å². The van der Waals surface area contributed by atoms with Crippen molar-refractivity contribution in [2.45, 2.75) is 20.0 Å². The topological polar surface area (TPSA) is 53.6 Å². The number of imidazole rings is 1. The summed E-state index contributed by atoms with van der Waals surface area (Å²) in [5.41, 5.74) is 2.49. The van der Waals surface area contributed by atoms with Gasteiger partial charge in [-0.2, -0.15) is 0 Å². The molecule has 0 amide bonds. The first-order valence-electron chi connectivity index (χ1n) is 4.95. The first-order valence-corrected chi connectivity index (χ1v) is 4.95. The maximum Gasteiger partial charge on any atom is 0.120 e. The number of aromatic amines is 1. The van der Waals surface area contributed by atoms with Crippen molar-refractivity contribution in [3.63, 3.8) is 0 Å². The van der Waals surface area contributed by atoms with Gasteiger partial charge in [-0.3, -0.25) is 4.98 Å². The number of aryl methyl sites for hydroxylation is 1. The molecule has 0 bridgehead atoms. The number of pyridine rings is 1. The molecular formula is C11H14N4. The quantitative estimate of drug-likeness (QED) is 0.788. The average molecular weight is 202 g/mol. The first kappa shape index (κ1) is 9.86. The summed E-state index contributed by atoms with van der Waals surface area (Å²) >= 11 is 0. The maximum atomic E-state index is 4.14. The third-order valence-electron chi connectivity index (χ3n) is 2.31. The Hall–Kier alpha value is -1.68. The van der Waals surface area contributed by atoms with Gasteiger partial charge in [0.25, 0.3) is 0 Å². The van der Waals surface area contributed by atoms with Crippen LogP contribution in [0.2, 0.25) is 0 Å². The second-order valence-corrected chi connectivity index (χ2v) is 3.44. The highest BCUT2D eigenvalue weighted by Crippen LogP contribution is 2.04. The summed E-state index contributed by atoms with van der Waals surface area (Å²) in [6.07, 6.45) is 7.29. The maximum absolute atomic E-state index is 4.14. The van der Waals surface area contributed by atoms with E-state index in [1.807, 2.05) is 24.7 Å². The van der Waals surface area contributed by atoms with E-state index in [2.05, 4.69) is 27.2 Å². The van der Waals surface area contributed by atoms with Crippen molar-refractivity contribution in [3.05, 3.63) is 47.8 Å². The van der Waals surface area contributed by atoms with Gasteiger partial charge in [-0.05, 0) is 24.1 Å². The van der Waals surface area contributed by atoms with Crippen molar-refractivity contribution in [1.29, 1.82) is 0 Å². The first-order chi connectivity index (χ1) is 7.36. The van der Waals surface area contributed by atoms with Crippen LogP contribution in [0.25, 0.3) is 0 Å². The summed E-state index contributed by atoms with van der Waals surface area (Å²) in [5.74, 6) is 0.955. The molecule has 2 aromatic rings. The zero-order valence-corrected chi connectivity index (χ0v) is 8.70. The number of aromatic nitrogens is 3. The molecule has 0 aromatic carbocycles. The van der Waals surface area contributed by atoms with Crippen LogP contribution in [0.5, 0.6) is 0 Å². The van der Waals surface area contributed by atoms with Gasteiger partial charge in [0, 0.05) is 31.3 Å². The molecule has 0 unspecified atom stereocenters. The van der Waals surface area contributed by atoms with Crippen LogP contribution >= 0.6 is 0 Å². The van der Waals surface area contributed by atoms with Gasteiger partial charge in [0.05, 0.1) is 6.54 Å². The van der Waals surface area contributed by atoms with Gasteiger partial charge in [-0.15, -0.1) is 0 Å². The van der Waals surface area contributed by atoms with E-state index in [0.29, 0.717) is 0 Å². The number of nitrogens with one attached hydrogen (secondary N) is 2. The van der Waals surface area contributed by atoms with Gasteiger partial charge < -0.3 is 10.3 Å². The molecule has 2 N–H and O–H groups in total. The van der Waals surface area contributed by atoms with Gasteiger partial charge in [0.2, 0.25) is 0 Å². The number of rotatable bonds is 4. The minimum absolute atomic E-state index is 0.751. The highest BCUT2D eigenvalue weighted by Gasteiger charge is 1.98. The van der Waals surface area contributed by atoms with Crippen LogP contribution in [0.4, 0.5) is 0 Å². The van der Waals surface area contributed by atoms with Crippen LogP contribution in [0, 0.1) is 6.92 Å². The second-order valence-electron chi connectivity index (χ2n) is 3.44. The lowest BCUT2D eigenvalue weighted by Gasteiger charge is -2.05. The Balaban J connectivity index is 1.86. The minimum atomic E-state index is 0.751. The van der Waals surface area contributed by atoms with Crippen LogP contribution < -0.4 is 5.32 Å². The predicted octanol–water partition coefficient (Wildman–Crippen LogP) is 1.40. The Labute approximate surface area is 88.8 Å². The van der Waals surface area contributed by atoms with E-state index in [4.69, 9.17) is 0 Å². The molecule has 4 heteroatoms. The molecule has 78 valence electrons. The summed E-state index contributed by atoms with van der Waals surface area (Å²) < 4.78 is 0. The minimum Gasteiger partial charge on any atom is -0.348 e. The van der Waals surface area contributed by atoms with Gasteiger partial charge in [0.1, 0.15) is 5.82 Å². The number of nitrogens with zero attached hydrogens (tertiary/aromatic N) is 2. The van der Waals surface area contributed by atoms with Crippen LogP contribution in [0.3, 0.4) is 0 Å². The van der Waals surface area contributed by atoms with Crippen molar-refractivity contribution in [2.24, 2.45) is 0 Å². The zero-order valence-electron chi connectivity index (χ0n) is 8.70. The molecule has 4 nitrogen and oxygen atoms in total. The van der Waals surface area contributed by atoms with Crippen molar-refractivity contribution >= 4 is 0 Å². The molecule has 0 spiro atoms. The third-order valence-corrected chi connectivity index (χ3v) is 2.31. The molecule has 0 aliphatic rings. The van der Waals surface area contributed by atoms with Crippen LogP contribution in [-0.2, 0) is 13.1 Å². The largest absolute Gasteiger partial charge is 0.348 e. The van der Waals surface area contributed by atoms with Crippen LogP contribution in [0.15, 0.2) is 30.9 Å². The molecule has 2 rings (SSSR count). The average Bonchev–Trinajstić information content (AvgIpc) is 2.74. The summed E-state index contributed by atoms with van der Waals surface area (Å²) in [4.78, 5) is 11.3. The Morgan fingerprint density at radius 1 is 1.33 bits per heavy atom. The predicted molar refractivity (Wildman–Crippen MR) is 58.1 cm³/mol. The fraction of sp³-hybridized carbons (Fsp3) is 0.273. The van der Waals surface area contributed by atoms with E-state index in [9.17, 15) is 0 Å². The number of H-pyrrole nitrogens is 1. The standard InChI is InChI=1S/C11H14N4/c1-9-2-3-12-6-10(9)7-13-8-11-14-4-5-15-11/h2-6,13H,7-8H2,1H3,(H,14,15). The highest BCUT2D eigenvalue weighted by molar-refractivity contribution is 5.20. The Morgan fingerprint density at radius 3 is 3.00 bits per heavy atom. The van der Waals surface area contributed by atoms with Crippen molar-refractivity contribution < 1.29 is 0 Å². The number of hydrogen-bond donors (Lipinski definition) is 2. The molecule has 2 aromatic heterocycles. The van der Waals surface area contributed by atoms with Gasteiger partial charge in [-0.1, -0.05) is 0 Å². The zero-order chi connectivity index (χ0) is 10.5. The second kappa shape index (κ2) is 4.70. The fourth-order valence-corrected chi connectivity index (χ4v) is 1.39. The Morgan fingerprint density at radius 2 is 2.27 bits per heavy atom. The van der Waals surface area contributed by atoms with E-state index < -0.39 is 0 Å². The van der Waals surface area contributed by atoms with E-state index in [1.54, 1.807) is 6.20 Å². The van der Waals surface area contributed by atoms with E-state index in [-0.39, 0.29) is 0 Å². The van der Waals surface area contributed by atoms with Gasteiger partial charge in [0.15, 0.2) is 0 Å². The molecule has 0 saturated carbocycles. The Kier molecular flexibility index (Phi) is 3.09. The molecule has 2 heterocycles. The summed E-state index contributed by atoms with van der Waals surface area (Å²) in [7, 11) is 0. The molecule has 0 atom stereocenters. The summed E-state index contributed by atoms with van der Waals surface area (Å²) in [5, 5.41) is 3.31. The van der Waals surface area contributed by atoms with Crippen LogP contribution in [-0.4, -0.2) is 15.0 Å². The lowest BCUT2D eigenvalue weighted by Crippen LogP contribution is -2.14. The molecule has 0 saturated heterocycles. The lowest BCUT2D eigenvalue weighted by atomic mass is 10.1. The highest BCUT2D eigenvalue weighted by atomic mass is 15.0. The van der Waals surface area contributed by atoms with E-state index in [0.717, 1.165) is 18.9 Å². The lowest BCUT2D eigenvalue weighted by molar-refractivity contribution is 0.665. The Bertz CT molecular complexity index is 408. The van der Waals surface area contributed by atoms with Crippen LogP contribution in [0.1, 0.15) is 17.0 Å². The van der Waals surface area contributed by atoms with Gasteiger partial charge in [-0.25, -0.2) is 4.98 Å². The summed E-state index contributed by atoms with van der Waals surface area (Å²) in [6.45, 7) is 3.66. The van der Waals surface area contributed by atoms with Crippen molar-refractivity contribution in [3.8, 4) is 0 Å². The molecule has 15 heavy (non-hydrogen) atoms. The van der Waals surface area contributed by atoms with Crippen molar-refractivity contribution in [1.82, 2.24) is 20.3 Å². The van der Waals surface area contributed by atoms with Gasteiger partial charge >= 0.3 is 0 Å². The SMILES string of the molecule is Cc1ccncc1CNCc1ncc[nH]1. The molecule has 0 radical (unpaired) electrons.